The Labute approximate surface area is 172 Å². The van der Waals surface area contributed by atoms with Gasteiger partial charge in [0.1, 0.15) is 12.1 Å². The van der Waals surface area contributed by atoms with E-state index in [-0.39, 0.29) is 5.91 Å². The van der Waals surface area contributed by atoms with E-state index in [2.05, 4.69) is 37.1 Å². The number of fused-ring (bicyclic) bond motifs is 1. The minimum absolute atomic E-state index is 0.0400. The molecule has 0 radical (unpaired) electrons. The zero-order valence-corrected chi connectivity index (χ0v) is 16.7. The zero-order chi connectivity index (χ0) is 19.9. The van der Waals surface area contributed by atoms with Crippen LogP contribution in [0.2, 0.25) is 0 Å². The fourth-order valence-electron chi connectivity index (χ4n) is 3.07. The third-order valence-corrected chi connectivity index (χ3v) is 5.45. The van der Waals surface area contributed by atoms with Gasteiger partial charge in [0.05, 0.1) is 24.7 Å². The number of hydrogen-bond donors (Lipinski definition) is 2. The first-order chi connectivity index (χ1) is 14.3. The number of rotatable bonds is 9. The summed E-state index contributed by atoms with van der Waals surface area (Å²) in [5.74, 6) is 0.805. The number of aryl methyl sites for hydroxylation is 1. The quantitative estimate of drug-likeness (QED) is 0.446. The van der Waals surface area contributed by atoms with Crippen LogP contribution >= 0.6 is 11.3 Å². The van der Waals surface area contributed by atoms with Crippen molar-refractivity contribution < 1.29 is 4.79 Å². The van der Waals surface area contributed by atoms with Crippen molar-refractivity contribution in [3.05, 3.63) is 70.8 Å². The fourth-order valence-corrected chi connectivity index (χ4v) is 3.72. The Bertz CT molecular complexity index is 1060. The maximum atomic E-state index is 12.1. The fraction of sp³-hybridized carbons (Fsp3) is 0.238. The molecule has 2 N–H and O–H groups in total. The Morgan fingerprint density at radius 2 is 2.00 bits per heavy atom. The van der Waals surface area contributed by atoms with E-state index in [0.29, 0.717) is 26.1 Å². The highest BCUT2D eigenvalue weighted by atomic mass is 32.1. The summed E-state index contributed by atoms with van der Waals surface area (Å²) < 4.78 is 1.80. The van der Waals surface area contributed by atoms with E-state index in [1.807, 2.05) is 36.4 Å². The van der Waals surface area contributed by atoms with Gasteiger partial charge in [-0.05, 0) is 23.4 Å². The van der Waals surface area contributed by atoms with Gasteiger partial charge in [-0.15, -0.1) is 11.3 Å². The van der Waals surface area contributed by atoms with Crippen molar-refractivity contribution >= 4 is 34.1 Å². The summed E-state index contributed by atoms with van der Waals surface area (Å²) in [6, 6.07) is 14.1. The van der Waals surface area contributed by atoms with Gasteiger partial charge in [0, 0.05) is 17.8 Å². The van der Waals surface area contributed by atoms with E-state index in [0.717, 1.165) is 23.3 Å². The molecular weight excluding hydrogens is 384 g/mol. The summed E-state index contributed by atoms with van der Waals surface area (Å²) in [6.07, 6.45) is 4.52. The Hall–Kier alpha value is -3.26. The predicted octanol–water partition coefficient (Wildman–Crippen LogP) is 3.25. The summed E-state index contributed by atoms with van der Waals surface area (Å²) >= 11 is 1.70. The van der Waals surface area contributed by atoms with Gasteiger partial charge in [-0.25, -0.2) is 14.6 Å². The Kier molecular flexibility index (Phi) is 6.11. The lowest BCUT2D eigenvalue weighted by Crippen LogP contribution is -2.27. The summed E-state index contributed by atoms with van der Waals surface area (Å²) in [5, 5.41) is 13.6. The van der Waals surface area contributed by atoms with Crippen LogP contribution in [-0.4, -0.2) is 32.2 Å². The lowest BCUT2D eigenvalue weighted by Gasteiger charge is -2.07. The molecular formula is C21H22N6OS. The second kappa shape index (κ2) is 9.29. The normalized spacial score (nSPS) is 10.9. The zero-order valence-electron chi connectivity index (χ0n) is 15.9. The number of thiophene rings is 1. The third kappa shape index (κ3) is 4.97. The molecule has 4 aromatic rings. The first-order valence-corrected chi connectivity index (χ1v) is 10.4. The van der Waals surface area contributed by atoms with Crippen LogP contribution in [0.4, 0.5) is 5.82 Å². The second-order valence-electron chi connectivity index (χ2n) is 6.60. The van der Waals surface area contributed by atoms with Crippen LogP contribution in [0.5, 0.6) is 0 Å². The molecule has 0 aliphatic rings. The van der Waals surface area contributed by atoms with E-state index >= 15 is 0 Å². The number of benzene rings is 1. The van der Waals surface area contributed by atoms with Crippen molar-refractivity contribution in [2.75, 3.05) is 11.9 Å². The van der Waals surface area contributed by atoms with Crippen molar-refractivity contribution in [2.24, 2.45) is 0 Å². The predicted molar refractivity (Wildman–Crippen MR) is 115 cm³/mol. The van der Waals surface area contributed by atoms with Gasteiger partial charge in [0.2, 0.25) is 5.91 Å². The number of nitrogens with zero attached hydrogens (tertiary/aromatic N) is 4. The van der Waals surface area contributed by atoms with Crippen LogP contribution in [-0.2, 0) is 24.3 Å². The van der Waals surface area contributed by atoms with Crippen LogP contribution < -0.4 is 10.6 Å². The molecule has 0 atom stereocenters. The van der Waals surface area contributed by atoms with Crippen molar-refractivity contribution in [1.82, 2.24) is 25.1 Å². The van der Waals surface area contributed by atoms with Gasteiger partial charge in [-0.2, -0.15) is 5.10 Å². The van der Waals surface area contributed by atoms with Gasteiger partial charge in [0.25, 0.3) is 0 Å². The van der Waals surface area contributed by atoms with E-state index in [1.54, 1.807) is 22.2 Å². The maximum Gasteiger partial charge on any atom is 0.220 e. The van der Waals surface area contributed by atoms with Gasteiger partial charge in [0.15, 0.2) is 5.65 Å². The van der Waals surface area contributed by atoms with Gasteiger partial charge in [-0.1, -0.05) is 36.4 Å². The van der Waals surface area contributed by atoms with E-state index < -0.39 is 0 Å². The molecule has 3 aromatic heterocycles. The van der Waals surface area contributed by atoms with Crippen molar-refractivity contribution in [3.63, 3.8) is 0 Å². The number of aromatic nitrogens is 4. The minimum Gasteiger partial charge on any atom is -0.364 e. The SMILES string of the molecule is O=C(CCc1ccccc1)NCCn1ncc2c(NCc3cccs3)ncnc21. The molecule has 29 heavy (non-hydrogen) atoms. The molecule has 3 heterocycles. The van der Waals surface area contributed by atoms with Crippen LogP contribution in [0.15, 0.2) is 60.4 Å². The number of nitrogens with one attached hydrogen (secondary N) is 2. The van der Waals surface area contributed by atoms with Crippen LogP contribution in [0.3, 0.4) is 0 Å². The highest BCUT2D eigenvalue weighted by Crippen LogP contribution is 2.20. The molecule has 1 aromatic carbocycles. The summed E-state index contributed by atoms with van der Waals surface area (Å²) in [7, 11) is 0. The third-order valence-electron chi connectivity index (χ3n) is 4.57. The summed E-state index contributed by atoms with van der Waals surface area (Å²) in [6.45, 7) is 1.78. The van der Waals surface area contributed by atoms with Crippen LogP contribution in [0.25, 0.3) is 11.0 Å². The molecule has 0 aliphatic heterocycles. The largest absolute Gasteiger partial charge is 0.364 e. The molecule has 4 rings (SSSR count). The topological polar surface area (TPSA) is 84.7 Å². The van der Waals surface area contributed by atoms with E-state index in [1.165, 1.54) is 16.8 Å². The molecule has 0 bridgehead atoms. The Morgan fingerprint density at radius 3 is 2.83 bits per heavy atom. The lowest BCUT2D eigenvalue weighted by molar-refractivity contribution is -0.121. The average molecular weight is 407 g/mol. The molecule has 148 valence electrons. The van der Waals surface area contributed by atoms with Gasteiger partial charge in [-0.3, -0.25) is 4.79 Å². The highest BCUT2D eigenvalue weighted by molar-refractivity contribution is 7.09. The molecule has 0 fully saturated rings. The summed E-state index contributed by atoms with van der Waals surface area (Å²) in [4.78, 5) is 22.0. The van der Waals surface area contributed by atoms with E-state index in [9.17, 15) is 4.79 Å². The highest BCUT2D eigenvalue weighted by Gasteiger charge is 2.10. The first-order valence-electron chi connectivity index (χ1n) is 9.53. The van der Waals surface area contributed by atoms with Crippen molar-refractivity contribution in [2.45, 2.75) is 25.9 Å². The van der Waals surface area contributed by atoms with E-state index in [4.69, 9.17) is 0 Å². The number of carbonyl (C=O) groups excluding carboxylic acids is 1. The monoisotopic (exact) mass is 406 g/mol. The number of carbonyl (C=O) groups is 1. The number of amides is 1. The number of anilines is 1. The lowest BCUT2D eigenvalue weighted by atomic mass is 10.1. The minimum atomic E-state index is 0.0400. The van der Waals surface area contributed by atoms with Crippen molar-refractivity contribution in [1.29, 1.82) is 0 Å². The summed E-state index contributed by atoms with van der Waals surface area (Å²) in [5.41, 5.74) is 1.92. The maximum absolute atomic E-state index is 12.1. The smallest absolute Gasteiger partial charge is 0.220 e. The van der Waals surface area contributed by atoms with Crippen LogP contribution in [0, 0.1) is 0 Å². The molecule has 0 spiro atoms. The molecule has 8 heteroatoms. The standard InChI is InChI=1S/C21H22N6OS/c28-19(9-8-16-5-2-1-3-6-16)22-10-11-27-21-18(14-26-27)20(24-15-25-21)23-13-17-7-4-12-29-17/h1-7,12,14-15H,8-11,13H2,(H,22,28)(H,23,24,25). The Balaban J connectivity index is 1.30. The number of hydrogen-bond acceptors (Lipinski definition) is 6. The van der Waals surface area contributed by atoms with Crippen molar-refractivity contribution in [3.8, 4) is 0 Å². The molecule has 0 saturated heterocycles. The first kappa shape index (κ1) is 19.1. The molecule has 1 amide bonds. The second-order valence-corrected chi connectivity index (χ2v) is 7.63. The molecule has 0 aliphatic carbocycles. The molecule has 0 unspecified atom stereocenters. The average Bonchev–Trinajstić information content (AvgIpc) is 3.42. The molecule has 7 nitrogen and oxygen atoms in total. The van der Waals surface area contributed by atoms with Gasteiger partial charge < -0.3 is 10.6 Å². The Morgan fingerprint density at radius 1 is 1.10 bits per heavy atom. The van der Waals surface area contributed by atoms with Gasteiger partial charge >= 0.3 is 0 Å². The van der Waals surface area contributed by atoms with Crippen LogP contribution in [0.1, 0.15) is 16.9 Å². The molecule has 0 saturated carbocycles.